The van der Waals surface area contributed by atoms with Gasteiger partial charge >= 0.3 is 0 Å². The van der Waals surface area contributed by atoms with Crippen molar-refractivity contribution in [1.29, 1.82) is 0 Å². The van der Waals surface area contributed by atoms with Crippen LogP contribution in [0.1, 0.15) is 17.5 Å². The number of carbonyl (C=O) groups excluding carboxylic acids is 1. The lowest BCUT2D eigenvalue weighted by Gasteiger charge is -2.02. The molecule has 2 aromatic rings. The van der Waals surface area contributed by atoms with E-state index < -0.39 is 0 Å². The Bertz CT molecular complexity index is 573. The number of nitrogens with zero attached hydrogens (tertiary/aromatic N) is 2. The molecule has 1 heterocycles. The van der Waals surface area contributed by atoms with Crippen molar-refractivity contribution in [1.82, 2.24) is 15.1 Å². The van der Waals surface area contributed by atoms with Crippen LogP contribution in [0.5, 0.6) is 0 Å². The van der Waals surface area contributed by atoms with E-state index in [-0.39, 0.29) is 5.91 Å². The highest BCUT2D eigenvalue weighted by molar-refractivity contribution is 5.91. The van der Waals surface area contributed by atoms with Crippen molar-refractivity contribution in [3.8, 4) is 0 Å². The lowest BCUT2D eigenvalue weighted by molar-refractivity contribution is -0.116. The zero-order chi connectivity index (χ0) is 14.2. The van der Waals surface area contributed by atoms with E-state index in [2.05, 4.69) is 10.4 Å². The Morgan fingerprint density at radius 2 is 2.30 bits per heavy atom. The minimum absolute atomic E-state index is 0.0630. The fourth-order valence-corrected chi connectivity index (χ4v) is 1.89. The zero-order valence-corrected chi connectivity index (χ0v) is 11.6. The van der Waals surface area contributed by atoms with Crippen molar-refractivity contribution >= 4 is 12.0 Å². The molecule has 0 atom stereocenters. The molecule has 0 unspecified atom stereocenters. The molecule has 4 nitrogen and oxygen atoms in total. The summed E-state index contributed by atoms with van der Waals surface area (Å²) in [7, 11) is 0. The Balaban J connectivity index is 1.70. The predicted molar refractivity (Wildman–Crippen MR) is 80.1 cm³/mol. The van der Waals surface area contributed by atoms with Crippen LogP contribution in [-0.2, 0) is 11.3 Å². The van der Waals surface area contributed by atoms with Gasteiger partial charge < -0.3 is 5.32 Å². The van der Waals surface area contributed by atoms with Crippen LogP contribution in [0.4, 0.5) is 0 Å². The van der Waals surface area contributed by atoms with Gasteiger partial charge in [0, 0.05) is 31.6 Å². The summed E-state index contributed by atoms with van der Waals surface area (Å²) in [6.07, 6.45) is 7.94. The van der Waals surface area contributed by atoms with Crippen molar-refractivity contribution in [3.63, 3.8) is 0 Å². The largest absolute Gasteiger partial charge is 0.352 e. The van der Waals surface area contributed by atoms with Crippen molar-refractivity contribution < 1.29 is 4.79 Å². The lowest BCUT2D eigenvalue weighted by Crippen LogP contribution is -2.23. The summed E-state index contributed by atoms with van der Waals surface area (Å²) in [6, 6.07) is 9.93. The summed E-state index contributed by atoms with van der Waals surface area (Å²) < 4.78 is 1.86. The van der Waals surface area contributed by atoms with Crippen molar-refractivity contribution in [2.45, 2.75) is 19.9 Å². The van der Waals surface area contributed by atoms with E-state index in [0.717, 1.165) is 18.5 Å². The fourth-order valence-electron chi connectivity index (χ4n) is 1.89. The average molecular weight is 269 g/mol. The molecule has 0 saturated carbocycles. The Morgan fingerprint density at radius 1 is 1.40 bits per heavy atom. The molecule has 2 rings (SSSR count). The zero-order valence-electron chi connectivity index (χ0n) is 11.6. The molecule has 0 bridgehead atoms. The number of aromatic nitrogens is 2. The Labute approximate surface area is 119 Å². The van der Waals surface area contributed by atoms with Gasteiger partial charge in [0.1, 0.15) is 0 Å². The first-order valence-electron chi connectivity index (χ1n) is 6.74. The molecular formula is C16H19N3O. The SMILES string of the molecule is Cc1cccc(/C=C/C(=O)NCCCn2cccn2)c1. The molecule has 104 valence electrons. The van der Waals surface area contributed by atoms with Gasteiger partial charge in [-0.15, -0.1) is 0 Å². The van der Waals surface area contributed by atoms with Crippen LogP contribution < -0.4 is 5.32 Å². The molecule has 4 heteroatoms. The van der Waals surface area contributed by atoms with Gasteiger partial charge in [-0.2, -0.15) is 5.10 Å². The van der Waals surface area contributed by atoms with Gasteiger partial charge in [0.15, 0.2) is 0 Å². The highest BCUT2D eigenvalue weighted by atomic mass is 16.1. The predicted octanol–water partition coefficient (Wildman–Crippen LogP) is 2.41. The molecule has 0 radical (unpaired) electrons. The first-order chi connectivity index (χ1) is 9.74. The molecule has 0 saturated heterocycles. The summed E-state index contributed by atoms with van der Waals surface area (Å²) in [5.41, 5.74) is 2.23. The van der Waals surface area contributed by atoms with Gasteiger partial charge in [-0.1, -0.05) is 29.8 Å². The maximum atomic E-state index is 11.6. The number of rotatable bonds is 6. The highest BCUT2D eigenvalue weighted by Gasteiger charge is 1.96. The molecule has 0 aliphatic heterocycles. The summed E-state index contributed by atoms with van der Waals surface area (Å²) in [4.78, 5) is 11.6. The molecular weight excluding hydrogens is 250 g/mol. The van der Waals surface area contributed by atoms with E-state index in [0.29, 0.717) is 6.54 Å². The molecule has 1 amide bonds. The third-order valence-corrected chi connectivity index (χ3v) is 2.89. The Kier molecular flexibility index (Phi) is 5.12. The number of hydrogen-bond acceptors (Lipinski definition) is 2. The number of benzene rings is 1. The smallest absolute Gasteiger partial charge is 0.244 e. The fraction of sp³-hybridized carbons (Fsp3) is 0.250. The van der Waals surface area contributed by atoms with E-state index in [1.54, 1.807) is 12.3 Å². The van der Waals surface area contributed by atoms with Crippen LogP contribution >= 0.6 is 0 Å². The van der Waals surface area contributed by atoms with E-state index in [1.807, 2.05) is 54.2 Å². The van der Waals surface area contributed by atoms with E-state index in [4.69, 9.17) is 0 Å². The first-order valence-corrected chi connectivity index (χ1v) is 6.74. The molecule has 0 fully saturated rings. The van der Waals surface area contributed by atoms with Gasteiger partial charge in [0.05, 0.1) is 0 Å². The summed E-state index contributed by atoms with van der Waals surface area (Å²) in [5, 5.41) is 6.97. The van der Waals surface area contributed by atoms with E-state index in [1.165, 1.54) is 5.56 Å². The second kappa shape index (κ2) is 7.28. The van der Waals surface area contributed by atoms with Crippen LogP contribution in [0.15, 0.2) is 48.8 Å². The standard InChI is InChI=1S/C16H19N3O/c1-14-5-2-6-15(13-14)7-8-16(20)17-9-3-11-19-12-4-10-18-19/h2,4-8,10,12-13H,3,9,11H2,1H3,(H,17,20)/b8-7+. The summed E-state index contributed by atoms with van der Waals surface area (Å²) in [6.45, 7) is 3.50. The van der Waals surface area contributed by atoms with Gasteiger partial charge in [0.25, 0.3) is 0 Å². The van der Waals surface area contributed by atoms with Gasteiger partial charge in [-0.05, 0) is 31.1 Å². The van der Waals surface area contributed by atoms with Crippen LogP contribution in [0.25, 0.3) is 6.08 Å². The van der Waals surface area contributed by atoms with Crippen molar-refractivity contribution in [2.24, 2.45) is 0 Å². The minimum atomic E-state index is -0.0630. The molecule has 1 aromatic heterocycles. The molecule has 1 N–H and O–H groups in total. The highest BCUT2D eigenvalue weighted by Crippen LogP contribution is 2.05. The van der Waals surface area contributed by atoms with E-state index in [9.17, 15) is 4.79 Å². The number of carbonyl (C=O) groups is 1. The monoisotopic (exact) mass is 269 g/mol. The number of nitrogens with one attached hydrogen (secondary N) is 1. The second-order valence-electron chi connectivity index (χ2n) is 4.66. The average Bonchev–Trinajstić information content (AvgIpc) is 2.95. The Morgan fingerprint density at radius 3 is 3.05 bits per heavy atom. The van der Waals surface area contributed by atoms with Crippen LogP contribution in [0.3, 0.4) is 0 Å². The van der Waals surface area contributed by atoms with Gasteiger partial charge in [-0.3, -0.25) is 9.48 Å². The quantitative estimate of drug-likeness (QED) is 0.646. The molecule has 0 aliphatic rings. The molecule has 1 aromatic carbocycles. The van der Waals surface area contributed by atoms with Crippen LogP contribution in [-0.4, -0.2) is 22.2 Å². The molecule has 0 aliphatic carbocycles. The normalized spacial score (nSPS) is 10.8. The van der Waals surface area contributed by atoms with Crippen molar-refractivity contribution in [3.05, 3.63) is 59.9 Å². The van der Waals surface area contributed by atoms with Crippen LogP contribution in [0, 0.1) is 6.92 Å². The van der Waals surface area contributed by atoms with Crippen LogP contribution in [0.2, 0.25) is 0 Å². The third-order valence-electron chi connectivity index (χ3n) is 2.89. The first kappa shape index (κ1) is 14.1. The maximum Gasteiger partial charge on any atom is 0.244 e. The second-order valence-corrected chi connectivity index (χ2v) is 4.66. The summed E-state index contributed by atoms with van der Waals surface area (Å²) >= 11 is 0. The molecule has 20 heavy (non-hydrogen) atoms. The summed E-state index contributed by atoms with van der Waals surface area (Å²) in [5.74, 6) is -0.0630. The Hall–Kier alpha value is -2.36. The molecule has 0 spiro atoms. The number of aryl methyl sites for hydroxylation is 2. The number of amides is 1. The van der Waals surface area contributed by atoms with Crippen molar-refractivity contribution in [2.75, 3.05) is 6.54 Å². The topological polar surface area (TPSA) is 46.9 Å². The maximum absolute atomic E-state index is 11.6. The lowest BCUT2D eigenvalue weighted by atomic mass is 10.1. The van der Waals surface area contributed by atoms with Gasteiger partial charge in [-0.25, -0.2) is 0 Å². The van der Waals surface area contributed by atoms with E-state index >= 15 is 0 Å². The number of hydrogen-bond donors (Lipinski definition) is 1. The third kappa shape index (κ3) is 4.72. The minimum Gasteiger partial charge on any atom is -0.352 e. The van der Waals surface area contributed by atoms with Gasteiger partial charge in [0.2, 0.25) is 5.91 Å².